The molecule has 0 atom stereocenters. The van der Waals surface area contributed by atoms with Crippen molar-refractivity contribution >= 4 is 35.4 Å². The first-order valence-corrected chi connectivity index (χ1v) is 11.3. The van der Waals surface area contributed by atoms with Crippen molar-refractivity contribution in [1.29, 1.82) is 0 Å². The lowest BCUT2D eigenvalue weighted by Crippen LogP contribution is -2.46. The van der Waals surface area contributed by atoms with E-state index < -0.39 is 0 Å². The van der Waals surface area contributed by atoms with Crippen LogP contribution in [0.15, 0.2) is 24.3 Å². The van der Waals surface area contributed by atoms with Gasteiger partial charge in [0.15, 0.2) is 0 Å². The van der Waals surface area contributed by atoms with Gasteiger partial charge in [0, 0.05) is 55.6 Å². The summed E-state index contributed by atoms with van der Waals surface area (Å²) in [5.74, 6) is -0.517. The molecule has 176 valence electrons. The lowest BCUT2D eigenvalue weighted by Gasteiger charge is -2.31. The van der Waals surface area contributed by atoms with Crippen molar-refractivity contribution in [2.75, 3.05) is 32.8 Å². The third kappa shape index (κ3) is 9.13. The van der Waals surface area contributed by atoms with Gasteiger partial charge in [-0.1, -0.05) is 11.6 Å². The average molecular weight is 467 g/mol. The normalized spacial score (nSPS) is 13.9. The van der Waals surface area contributed by atoms with Crippen LogP contribution in [0.25, 0.3) is 0 Å². The summed E-state index contributed by atoms with van der Waals surface area (Å²) < 4.78 is 4.98. The molecule has 1 fully saturated rings. The fourth-order valence-corrected chi connectivity index (χ4v) is 3.41. The van der Waals surface area contributed by atoms with Gasteiger partial charge in [-0.3, -0.25) is 14.4 Å². The van der Waals surface area contributed by atoms with E-state index in [9.17, 15) is 19.2 Å². The van der Waals surface area contributed by atoms with Crippen LogP contribution in [0.4, 0.5) is 4.79 Å². The molecule has 0 saturated carbocycles. The minimum Gasteiger partial charge on any atom is -0.450 e. The topological polar surface area (TPSA) is 117 Å². The summed E-state index contributed by atoms with van der Waals surface area (Å²) in [4.78, 5) is 49.3. The first-order valence-electron chi connectivity index (χ1n) is 10.9. The van der Waals surface area contributed by atoms with Crippen LogP contribution in [0.2, 0.25) is 5.02 Å². The molecule has 0 aliphatic carbocycles. The Bertz CT molecular complexity index is 779. The molecule has 1 saturated heterocycles. The van der Waals surface area contributed by atoms with Gasteiger partial charge in [-0.25, -0.2) is 4.79 Å². The molecular weight excluding hydrogens is 436 g/mol. The second-order valence-corrected chi connectivity index (χ2v) is 7.93. The standard InChI is InChI=1S/C22H31ClN4O5/c1-2-32-22(31)27-14-10-18(11-15-27)26-20(29)4-3-12-24-19(28)9-13-25-21(30)16-5-7-17(23)8-6-16/h5-8,18H,2-4,9-15H2,1H3,(H,24,28)(H,25,30)(H,26,29). The SMILES string of the molecule is CCOC(=O)N1CCC(NC(=O)CCCNC(=O)CCNC(=O)c2ccc(Cl)cc2)CC1. The number of nitrogens with one attached hydrogen (secondary N) is 3. The second-order valence-electron chi connectivity index (χ2n) is 7.49. The minimum absolute atomic E-state index is 0.0482. The largest absolute Gasteiger partial charge is 0.450 e. The van der Waals surface area contributed by atoms with E-state index in [1.807, 2.05) is 0 Å². The van der Waals surface area contributed by atoms with Gasteiger partial charge in [-0.15, -0.1) is 0 Å². The number of rotatable bonds is 10. The van der Waals surface area contributed by atoms with Crippen LogP contribution in [0.3, 0.4) is 0 Å². The van der Waals surface area contributed by atoms with Crippen LogP contribution in [0, 0.1) is 0 Å². The highest BCUT2D eigenvalue weighted by molar-refractivity contribution is 6.30. The molecule has 0 unspecified atom stereocenters. The highest BCUT2D eigenvalue weighted by Gasteiger charge is 2.24. The number of piperidine rings is 1. The molecule has 10 heteroatoms. The molecule has 0 spiro atoms. The number of benzene rings is 1. The quantitative estimate of drug-likeness (QED) is 0.456. The van der Waals surface area contributed by atoms with Gasteiger partial charge in [0.05, 0.1) is 6.61 Å². The third-order valence-corrected chi connectivity index (χ3v) is 5.28. The highest BCUT2D eigenvalue weighted by atomic mass is 35.5. The van der Waals surface area contributed by atoms with E-state index >= 15 is 0 Å². The third-order valence-electron chi connectivity index (χ3n) is 5.03. The molecule has 3 N–H and O–H groups in total. The van der Waals surface area contributed by atoms with E-state index in [2.05, 4.69) is 16.0 Å². The monoisotopic (exact) mass is 466 g/mol. The van der Waals surface area contributed by atoms with Gasteiger partial charge in [0.2, 0.25) is 11.8 Å². The Morgan fingerprint density at radius 3 is 2.34 bits per heavy atom. The summed E-state index contributed by atoms with van der Waals surface area (Å²) in [6.07, 6.45) is 2.08. The number of hydrogen-bond acceptors (Lipinski definition) is 5. The summed E-state index contributed by atoms with van der Waals surface area (Å²) in [5, 5.41) is 8.96. The molecule has 0 radical (unpaired) electrons. The van der Waals surface area contributed by atoms with Gasteiger partial charge in [0.1, 0.15) is 0 Å². The molecule has 32 heavy (non-hydrogen) atoms. The van der Waals surface area contributed by atoms with Gasteiger partial charge >= 0.3 is 6.09 Å². The highest BCUT2D eigenvalue weighted by Crippen LogP contribution is 2.12. The van der Waals surface area contributed by atoms with E-state index in [-0.39, 0.29) is 42.8 Å². The summed E-state index contributed by atoms with van der Waals surface area (Å²) in [5.41, 5.74) is 0.479. The fourth-order valence-electron chi connectivity index (χ4n) is 3.28. The predicted molar refractivity (Wildman–Crippen MR) is 120 cm³/mol. The van der Waals surface area contributed by atoms with E-state index in [1.54, 1.807) is 36.1 Å². The Morgan fingerprint density at radius 1 is 1.00 bits per heavy atom. The summed E-state index contributed by atoms with van der Waals surface area (Å²) in [7, 11) is 0. The van der Waals surface area contributed by atoms with Crippen LogP contribution < -0.4 is 16.0 Å². The molecule has 0 aromatic heterocycles. The van der Waals surface area contributed by atoms with E-state index in [1.165, 1.54) is 0 Å². The number of carbonyl (C=O) groups excluding carboxylic acids is 4. The van der Waals surface area contributed by atoms with Crippen LogP contribution in [0.1, 0.15) is 49.4 Å². The van der Waals surface area contributed by atoms with E-state index in [4.69, 9.17) is 16.3 Å². The molecule has 2 rings (SSSR count). The minimum atomic E-state index is -0.308. The predicted octanol–water partition coefficient (Wildman–Crippen LogP) is 2.09. The van der Waals surface area contributed by atoms with Crippen molar-refractivity contribution in [2.24, 2.45) is 0 Å². The number of ether oxygens (including phenoxy) is 1. The Hall–Kier alpha value is -2.81. The van der Waals surface area contributed by atoms with E-state index in [0.717, 1.165) is 0 Å². The first kappa shape index (κ1) is 25.5. The Morgan fingerprint density at radius 2 is 1.69 bits per heavy atom. The van der Waals surface area contributed by atoms with Crippen molar-refractivity contribution in [3.63, 3.8) is 0 Å². The maximum Gasteiger partial charge on any atom is 0.409 e. The summed E-state index contributed by atoms with van der Waals surface area (Å²) >= 11 is 5.79. The Balaban J connectivity index is 1.51. The molecule has 1 heterocycles. The maximum absolute atomic E-state index is 12.1. The van der Waals surface area contributed by atoms with Crippen molar-refractivity contribution < 1.29 is 23.9 Å². The lowest BCUT2D eigenvalue weighted by molar-refractivity contribution is -0.123. The summed E-state index contributed by atoms with van der Waals surface area (Å²) in [6.45, 7) is 3.86. The molecule has 1 aromatic carbocycles. The van der Waals surface area contributed by atoms with Gasteiger partial charge < -0.3 is 25.6 Å². The van der Waals surface area contributed by atoms with Crippen molar-refractivity contribution in [3.8, 4) is 0 Å². The van der Waals surface area contributed by atoms with Crippen molar-refractivity contribution in [2.45, 2.75) is 45.1 Å². The van der Waals surface area contributed by atoms with Crippen LogP contribution in [-0.2, 0) is 14.3 Å². The van der Waals surface area contributed by atoms with Crippen molar-refractivity contribution in [1.82, 2.24) is 20.9 Å². The zero-order chi connectivity index (χ0) is 23.3. The zero-order valence-electron chi connectivity index (χ0n) is 18.3. The second kappa shape index (κ2) is 13.6. The smallest absolute Gasteiger partial charge is 0.409 e. The van der Waals surface area contributed by atoms with Gasteiger partial charge in [0.25, 0.3) is 5.91 Å². The molecule has 4 amide bonds. The number of carbonyl (C=O) groups is 4. The molecule has 1 aliphatic heterocycles. The molecule has 1 aromatic rings. The van der Waals surface area contributed by atoms with Gasteiger partial charge in [-0.2, -0.15) is 0 Å². The molecule has 9 nitrogen and oxygen atoms in total. The van der Waals surface area contributed by atoms with Crippen LogP contribution in [0.5, 0.6) is 0 Å². The molecule has 0 bridgehead atoms. The van der Waals surface area contributed by atoms with Crippen LogP contribution >= 0.6 is 11.6 Å². The van der Waals surface area contributed by atoms with Crippen LogP contribution in [-0.4, -0.2) is 67.5 Å². The number of nitrogens with zero attached hydrogens (tertiary/aromatic N) is 1. The Kier molecular flexibility index (Phi) is 10.8. The fraction of sp³-hybridized carbons (Fsp3) is 0.545. The first-order chi connectivity index (χ1) is 15.4. The van der Waals surface area contributed by atoms with E-state index in [0.29, 0.717) is 62.5 Å². The molecular formula is C22H31ClN4O5. The van der Waals surface area contributed by atoms with Crippen molar-refractivity contribution in [3.05, 3.63) is 34.9 Å². The average Bonchev–Trinajstić information content (AvgIpc) is 2.78. The number of likely N-dealkylation sites (tertiary alicyclic amines) is 1. The van der Waals surface area contributed by atoms with Gasteiger partial charge in [-0.05, 0) is 50.5 Å². The Labute approximate surface area is 193 Å². The summed E-state index contributed by atoms with van der Waals surface area (Å²) in [6, 6.07) is 6.54. The lowest BCUT2D eigenvalue weighted by atomic mass is 10.1. The number of amides is 4. The maximum atomic E-state index is 12.1. The number of halogens is 1. The zero-order valence-corrected chi connectivity index (χ0v) is 19.1. The number of hydrogen-bond donors (Lipinski definition) is 3. The molecule has 1 aliphatic rings.